The third-order valence-corrected chi connectivity index (χ3v) is 0.183. The average molecular weight is 166 g/mol. The van der Waals surface area contributed by atoms with Crippen molar-refractivity contribution in [3.63, 3.8) is 0 Å². The van der Waals surface area contributed by atoms with Gasteiger partial charge in [-0.15, -0.1) is 0 Å². The number of carbonyl (C=O) groups excluding carboxylic acids is 1. The number of rotatable bonds is 0. The van der Waals surface area contributed by atoms with Gasteiger partial charge in [-0.2, -0.15) is 10.5 Å². The Balaban J connectivity index is -0.000000101. The first-order chi connectivity index (χ1) is 5.56. The van der Waals surface area contributed by atoms with Gasteiger partial charge >= 0.3 is 0 Å². The molecule has 0 N–H and O–H groups in total. The maximum Gasteiger partial charge on any atom is 0.0905 e. The number of hydrogen-bond acceptors (Lipinski definition) is 5. The molecule has 0 aromatic carbocycles. The molecule has 0 aliphatic heterocycles. The standard InChI is InChI=1S/2C3H3N.CH2O3/c2*1-2-3-4;2-1(3)4/h2*2H,1H2;(H2,2,3,4)/p-2. The van der Waals surface area contributed by atoms with E-state index in [1.165, 1.54) is 12.2 Å². The minimum absolute atomic E-state index is 1.18. The normalized spacial score (nSPS) is 4.50. The summed E-state index contributed by atoms with van der Waals surface area (Å²) in [6.07, 6.45) is 0.0278. The average Bonchev–Trinajstić information content (AvgIpc) is 2.03. The van der Waals surface area contributed by atoms with Crippen molar-refractivity contribution in [2.45, 2.75) is 0 Å². The molecule has 0 rings (SSSR count). The SMILES string of the molecule is C=CC#N.C=CC#N.O=C([O-])[O-]. The maximum absolute atomic E-state index is 8.33. The van der Waals surface area contributed by atoms with Gasteiger partial charge in [-0.05, 0) is 6.16 Å². The second-order valence-electron chi connectivity index (χ2n) is 0.916. The van der Waals surface area contributed by atoms with E-state index in [1.807, 2.05) is 0 Å². The van der Waals surface area contributed by atoms with Gasteiger partial charge in [0.1, 0.15) is 0 Å². The summed E-state index contributed by atoms with van der Waals surface area (Å²) in [7, 11) is 0. The van der Waals surface area contributed by atoms with Gasteiger partial charge in [-0.1, -0.05) is 13.2 Å². The van der Waals surface area contributed by atoms with Crippen LogP contribution < -0.4 is 10.2 Å². The van der Waals surface area contributed by atoms with E-state index in [0.717, 1.165) is 0 Å². The van der Waals surface area contributed by atoms with Crippen LogP contribution in [0.25, 0.3) is 0 Å². The molecule has 0 amide bonds. The minimum atomic E-state index is -2.33. The molecule has 0 fully saturated rings. The van der Waals surface area contributed by atoms with Crippen LogP contribution in [0.1, 0.15) is 0 Å². The lowest BCUT2D eigenvalue weighted by molar-refractivity contribution is -0.415. The second-order valence-corrected chi connectivity index (χ2v) is 0.916. The van der Waals surface area contributed by atoms with Crippen LogP contribution in [0.15, 0.2) is 25.3 Å². The first-order valence-electron chi connectivity index (χ1n) is 2.45. The van der Waals surface area contributed by atoms with Crippen LogP contribution in [0, 0.1) is 22.7 Å². The summed E-state index contributed by atoms with van der Waals surface area (Å²) in [5.41, 5.74) is 0. The van der Waals surface area contributed by atoms with Gasteiger partial charge in [0, 0.05) is 12.2 Å². The summed E-state index contributed by atoms with van der Waals surface area (Å²) >= 11 is 0. The first-order valence-corrected chi connectivity index (χ1v) is 2.45. The summed E-state index contributed by atoms with van der Waals surface area (Å²) in [6.45, 7) is 6.24. The topological polar surface area (TPSA) is 111 Å². The number of allylic oxidation sites excluding steroid dienone is 2. The predicted octanol–water partition coefficient (Wildman–Crippen LogP) is -1.06. The maximum atomic E-state index is 8.33. The molecule has 0 aliphatic carbocycles. The van der Waals surface area contributed by atoms with Crippen LogP contribution in [-0.4, -0.2) is 6.16 Å². The number of nitriles is 2. The zero-order chi connectivity index (χ0) is 10.4. The van der Waals surface area contributed by atoms with E-state index in [0.29, 0.717) is 0 Å². The fourth-order valence-electron chi connectivity index (χ4n) is 0. The van der Waals surface area contributed by atoms with Crippen molar-refractivity contribution in [3.8, 4) is 12.1 Å². The molecule has 0 aliphatic rings. The molecule has 0 aromatic heterocycles. The van der Waals surface area contributed by atoms with Crippen molar-refractivity contribution in [3.05, 3.63) is 25.3 Å². The van der Waals surface area contributed by atoms with E-state index in [-0.39, 0.29) is 0 Å². The summed E-state index contributed by atoms with van der Waals surface area (Å²) in [6, 6.07) is 3.39. The third-order valence-electron chi connectivity index (χ3n) is 0.183. The summed E-state index contributed by atoms with van der Waals surface area (Å²) in [5.74, 6) is 0. The van der Waals surface area contributed by atoms with E-state index < -0.39 is 6.16 Å². The van der Waals surface area contributed by atoms with Crippen molar-refractivity contribution >= 4 is 6.16 Å². The Morgan fingerprint density at radius 2 is 1.25 bits per heavy atom. The van der Waals surface area contributed by atoms with Gasteiger partial charge < -0.3 is 15.0 Å². The fourth-order valence-corrected chi connectivity index (χ4v) is 0. The van der Waals surface area contributed by atoms with E-state index in [2.05, 4.69) is 13.2 Å². The molecule has 0 spiro atoms. The molecule has 5 heteroatoms. The van der Waals surface area contributed by atoms with E-state index in [9.17, 15) is 0 Å². The molecule has 64 valence electrons. The Bertz CT molecular complexity index is 188. The van der Waals surface area contributed by atoms with Gasteiger partial charge in [-0.3, -0.25) is 0 Å². The lowest BCUT2D eigenvalue weighted by Crippen LogP contribution is -2.37. The van der Waals surface area contributed by atoms with Crippen LogP contribution in [0.3, 0.4) is 0 Å². The van der Waals surface area contributed by atoms with Crippen molar-refractivity contribution in [2.75, 3.05) is 0 Å². The molecule has 12 heavy (non-hydrogen) atoms. The Morgan fingerprint density at radius 3 is 1.25 bits per heavy atom. The van der Waals surface area contributed by atoms with E-state index in [1.54, 1.807) is 12.1 Å². The predicted molar refractivity (Wildman–Crippen MR) is 37.0 cm³/mol. The molecule has 0 radical (unpaired) electrons. The molecule has 5 nitrogen and oxygen atoms in total. The molecule has 0 saturated carbocycles. The zero-order valence-electron chi connectivity index (χ0n) is 6.19. The molecular formula is C7H6N2O3-2. The number of nitrogens with zero attached hydrogens (tertiary/aromatic N) is 2. The van der Waals surface area contributed by atoms with Gasteiger partial charge in [0.2, 0.25) is 0 Å². The highest BCUT2D eigenvalue weighted by atomic mass is 16.6. The van der Waals surface area contributed by atoms with Crippen LogP contribution in [0.2, 0.25) is 0 Å². The summed E-state index contributed by atoms with van der Waals surface area (Å²) in [5, 5.41) is 31.7. The lowest BCUT2D eigenvalue weighted by atomic mass is 10.8. The fraction of sp³-hybridized carbons (Fsp3) is 0. The van der Waals surface area contributed by atoms with Crippen LogP contribution in [0.5, 0.6) is 0 Å². The van der Waals surface area contributed by atoms with Gasteiger partial charge in [0.05, 0.1) is 12.1 Å². The van der Waals surface area contributed by atoms with Crippen molar-refractivity contribution in [1.82, 2.24) is 0 Å². The molecule has 0 unspecified atom stereocenters. The number of carbonyl (C=O) groups is 1. The monoisotopic (exact) mass is 166 g/mol. The highest BCUT2D eigenvalue weighted by Crippen LogP contribution is 1.41. The van der Waals surface area contributed by atoms with Crippen molar-refractivity contribution in [1.29, 1.82) is 10.5 Å². The molecule has 0 atom stereocenters. The Morgan fingerprint density at radius 1 is 1.17 bits per heavy atom. The molecule has 0 heterocycles. The Kier molecular flexibility index (Phi) is 31.8. The number of hydrogen-bond donors (Lipinski definition) is 0. The molecule has 0 saturated heterocycles. The number of carboxylic acid groups (broad SMARTS) is 2. The molecule has 0 aromatic rings. The van der Waals surface area contributed by atoms with Crippen LogP contribution in [0.4, 0.5) is 4.79 Å². The van der Waals surface area contributed by atoms with Gasteiger partial charge in [0.25, 0.3) is 0 Å². The van der Waals surface area contributed by atoms with Crippen LogP contribution >= 0.6 is 0 Å². The van der Waals surface area contributed by atoms with E-state index >= 15 is 0 Å². The van der Waals surface area contributed by atoms with Gasteiger partial charge in [0.15, 0.2) is 0 Å². The van der Waals surface area contributed by atoms with Crippen LogP contribution in [-0.2, 0) is 0 Å². The highest BCUT2D eigenvalue weighted by molar-refractivity contribution is 5.47. The highest BCUT2D eigenvalue weighted by Gasteiger charge is 1.34. The van der Waals surface area contributed by atoms with Crippen molar-refractivity contribution < 1.29 is 15.0 Å². The third kappa shape index (κ3) is 4800. The quantitative estimate of drug-likeness (QED) is 0.426. The second kappa shape index (κ2) is 23.3. The first kappa shape index (κ1) is 16.4. The summed E-state index contributed by atoms with van der Waals surface area (Å²) in [4.78, 5) is 8.33. The minimum Gasteiger partial charge on any atom is -0.652 e. The molecular weight excluding hydrogens is 160 g/mol. The molecule has 0 bridgehead atoms. The summed E-state index contributed by atoms with van der Waals surface area (Å²) < 4.78 is 0. The smallest absolute Gasteiger partial charge is 0.0905 e. The lowest BCUT2D eigenvalue weighted by Gasteiger charge is -1.96. The zero-order valence-corrected chi connectivity index (χ0v) is 6.19. The Hall–Kier alpha value is -2.27. The van der Waals surface area contributed by atoms with Crippen molar-refractivity contribution in [2.24, 2.45) is 0 Å². The largest absolute Gasteiger partial charge is 0.652 e. The Labute approximate surface area is 70.1 Å². The van der Waals surface area contributed by atoms with Gasteiger partial charge in [-0.25, -0.2) is 0 Å². The van der Waals surface area contributed by atoms with E-state index in [4.69, 9.17) is 25.5 Å².